The van der Waals surface area contributed by atoms with Crippen molar-refractivity contribution < 1.29 is 14.0 Å². The zero-order chi connectivity index (χ0) is 12.6. The fourth-order valence-corrected chi connectivity index (χ4v) is 2.23. The van der Waals surface area contributed by atoms with Gasteiger partial charge in [-0.15, -0.1) is 0 Å². The first-order chi connectivity index (χ1) is 7.99. The molecule has 2 rings (SSSR count). The molecule has 1 aromatic rings. The molecule has 1 aromatic carbocycles. The predicted octanol–water partition coefficient (Wildman–Crippen LogP) is 2.59. The summed E-state index contributed by atoms with van der Waals surface area (Å²) in [5, 5.41) is 0. The number of benzene rings is 1. The van der Waals surface area contributed by atoms with Gasteiger partial charge in [0.2, 0.25) is 5.91 Å². The second kappa shape index (κ2) is 4.56. The second-order valence-electron chi connectivity index (χ2n) is 4.06. The summed E-state index contributed by atoms with van der Waals surface area (Å²) in [6.07, 6.45) is 0.300. The van der Waals surface area contributed by atoms with Crippen molar-refractivity contribution in [3.8, 4) is 0 Å². The van der Waals surface area contributed by atoms with Crippen LogP contribution < -0.4 is 4.90 Å². The minimum atomic E-state index is -0.355. The molecule has 0 spiro atoms. The highest BCUT2D eigenvalue weighted by atomic mass is 79.9. The number of halogens is 2. The maximum Gasteiger partial charge on any atom is 0.234 e. The first-order valence-corrected chi connectivity index (χ1v) is 6.06. The van der Waals surface area contributed by atoms with Crippen molar-refractivity contribution in [2.45, 2.75) is 19.8 Å². The molecule has 5 heteroatoms. The van der Waals surface area contributed by atoms with Crippen LogP contribution in [0.2, 0.25) is 0 Å². The Balaban J connectivity index is 2.37. The first-order valence-electron chi connectivity index (χ1n) is 5.27. The van der Waals surface area contributed by atoms with Crippen LogP contribution in [0.5, 0.6) is 0 Å². The molecule has 1 aliphatic heterocycles. The smallest absolute Gasteiger partial charge is 0.234 e. The van der Waals surface area contributed by atoms with Gasteiger partial charge in [0, 0.05) is 18.7 Å². The number of hydrogen-bond acceptors (Lipinski definition) is 2. The largest absolute Gasteiger partial charge is 0.311 e. The molecule has 0 aromatic heterocycles. The van der Waals surface area contributed by atoms with Gasteiger partial charge >= 0.3 is 0 Å². The van der Waals surface area contributed by atoms with Crippen LogP contribution in [0, 0.1) is 12.7 Å². The number of amides is 1. The van der Waals surface area contributed by atoms with E-state index in [9.17, 15) is 14.0 Å². The molecule has 0 bridgehead atoms. The molecule has 0 N–H and O–H groups in total. The van der Waals surface area contributed by atoms with E-state index in [1.807, 2.05) is 0 Å². The molecule has 0 atom stereocenters. The van der Waals surface area contributed by atoms with Crippen LogP contribution in [0.15, 0.2) is 16.6 Å². The van der Waals surface area contributed by atoms with Crippen molar-refractivity contribution in [1.82, 2.24) is 0 Å². The van der Waals surface area contributed by atoms with Gasteiger partial charge in [0.15, 0.2) is 0 Å². The van der Waals surface area contributed by atoms with Crippen LogP contribution in [-0.4, -0.2) is 18.2 Å². The molecule has 17 heavy (non-hydrogen) atoms. The number of carbonyl (C=O) groups is 2. The molecule has 3 nitrogen and oxygen atoms in total. The van der Waals surface area contributed by atoms with Crippen LogP contribution in [0.25, 0.3) is 0 Å². The van der Waals surface area contributed by atoms with Crippen molar-refractivity contribution in [2.75, 3.05) is 11.4 Å². The molecule has 1 aliphatic rings. The average Bonchev–Trinajstić information content (AvgIpc) is 2.24. The van der Waals surface area contributed by atoms with Gasteiger partial charge in [0.25, 0.3) is 0 Å². The van der Waals surface area contributed by atoms with Crippen LogP contribution in [0.3, 0.4) is 0 Å². The first kappa shape index (κ1) is 12.2. The minimum Gasteiger partial charge on any atom is -0.311 e. The van der Waals surface area contributed by atoms with Crippen LogP contribution in [0.4, 0.5) is 10.1 Å². The molecule has 1 saturated heterocycles. The predicted molar refractivity (Wildman–Crippen MR) is 65.4 cm³/mol. The maximum absolute atomic E-state index is 13.3. The summed E-state index contributed by atoms with van der Waals surface area (Å²) in [5.74, 6) is -0.611. The van der Waals surface area contributed by atoms with Gasteiger partial charge in [-0.05, 0) is 40.5 Å². The monoisotopic (exact) mass is 299 g/mol. The number of anilines is 1. The second-order valence-corrected chi connectivity index (χ2v) is 4.92. The van der Waals surface area contributed by atoms with Crippen molar-refractivity contribution in [3.05, 3.63) is 28.0 Å². The molecular weight excluding hydrogens is 289 g/mol. The lowest BCUT2D eigenvalue weighted by Gasteiger charge is -2.27. The Morgan fingerprint density at radius 2 is 2.06 bits per heavy atom. The SMILES string of the molecule is Cc1cc(F)c(Br)cc1N1CCC(=O)CC1=O. The highest BCUT2D eigenvalue weighted by Gasteiger charge is 2.26. The molecular formula is C12H11BrFNO2. The summed E-state index contributed by atoms with van der Waals surface area (Å²) < 4.78 is 13.6. The number of hydrogen-bond donors (Lipinski definition) is 0. The summed E-state index contributed by atoms with van der Waals surface area (Å²) in [6.45, 7) is 2.12. The lowest BCUT2D eigenvalue weighted by Crippen LogP contribution is -2.39. The Kier molecular flexibility index (Phi) is 3.28. The lowest BCUT2D eigenvalue weighted by atomic mass is 10.1. The Hall–Kier alpha value is -1.23. The molecule has 0 unspecified atom stereocenters. The molecule has 0 radical (unpaired) electrons. The van der Waals surface area contributed by atoms with Gasteiger partial charge in [0.1, 0.15) is 11.6 Å². The van der Waals surface area contributed by atoms with E-state index in [1.165, 1.54) is 6.07 Å². The Bertz CT molecular complexity index is 502. The topological polar surface area (TPSA) is 37.4 Å². The van der Waals surface area contributed by atoms with Crippen molar-refractivity contribution >= 4 is 33.3 Å². The number of rotatable bonds is 1. The third kappa shape index (κ3) is 2.39. The zero-order valence-electron chi connectivity index (χ0n) is 9.30. The molecule has 0 aliphatic carbocycles. The van der Waals surface area contributed by atoms with E-state index in [0.717, 1.165) is 0 Å². The number of aryl methyl sites for hydroxylation is 1. The number of ketones is 1. The Morgan fingerprint density at radius 3 is 2.71 bits per heavy atom. The number of piperidine rings is 1. The van der Waals surface area contributed by atoms with Crippen LogP contribution in [0.1, 0.15) is 18.4 Å². The molecule has 90 valence electrons. The molecule has 0 saturated carbocycles. The summed E-state index contributed by atoms with van der Waals surface area (Å²) >= 11 is 3.10. The number of carbonyl (C=O) groups excluding carboxylic acids is 2. The van der Waals surface area contributed by atoms with E-state index in [0.29, 0.717) is 28.7 Å². The van der Waals surface area contributed by atoms with Crippen molar-refractivity contribution in [3.63, 3.8) is 0 Å². The normalized spacial score (nSPS) is 16.5. The maximum atomic E-state index is 13.3. The molecule has 1 fully saturated rings. The van der Waals surface area contributed by atoms with Gasteiger partial charge in [0.05, 0.1) is 10.9 Å². The van der Waals surface area contributed by atoms with Gasteiger partial charge in [-0.1, -0.05) is 0 Å². The highest BCUT2D eigenvalue weighted by molar-refractivity contribution is 9.10. The number of Topliss-reactive ketones (excluding diaryl/α,β-unsaturated/α-hetero) is 1. The van der Waals surface area contributed by atoms with E-state index in [1.54, 1.807) is 17.9 Å². The fourth-order valence-electron chi connectivity index (χ4n) is 1.90. The van der Waals surface area contributed by atoms with E-state index in [2.05, 4.69) is 15.9 Å². The summed E-state index contributed by atoms with van der Waals surface area (Å²) in [6, 6.07) is 2.96. The lowest BCUT2D eigenvalue weighted by molar-refractivity contribution is -0.128. The quantitative estimate of drug-likeness (QED) is 0.748. The summed E-state index contributed by atoms with van der Waals surface area (Å²) in [4.78, 5) is 24.4. The fraction of sp³-hybridized carbons (Fsp3) is 0.333. The number of nitrogens with zero attached hydrogens (tertiary/aromatic N) is 1. The Morgan fingerprint density at radius 1 is 1.35 bits per heavy atom. The van der Waals surface area contributed by atoms with Gasteiger partial charge in [-0.25, -0.2) is 4.39 Å². The van der Waals surface area contributed by atoms with Gasteiger partial charge in [-0.2, -0.15) is 0 Å². The van der Waals surface area contributed by atoms with Crippen LogP contribution >= 0.6 is 15.9 Å². The van der Waals surface area contributed by atoms with Crippen molar-refractivity contribution in [2.24, 2.45) is 0 Å². The highest BCUT2D eigenvalue weighted by Crippen LogP contribution is 2.29. The van der Waals surface area contributed by atoms with E-state index in [-0.39, 0.29) is 23.9 Å². The third-order valence-corrected chi connectivity index (χ3v) is 3.40. The van der Waals surface area contributed by atoms with E-state index < -0.39 is 0 Å². The Labute approximate surface area is 107 Å². The molecule has 1 amide bonds. The zero-order valence-corrected chi connectivity index (χ0v) is 10.9. The average molecular weight is 300 g/mol. The van der Waals surface area contributed by atoms with Gasteiger partial charge < -0.3 is 4.90 Å². The van der Waals surface area contributed by atoms with Crippen molar-refractivity contribution in [1.29, 1.82) is 0 Å². The van der Waals surface area contributed by atoms with E-state index >= 15 is 0 Å². The third-order valence-electron chi connectivity index (χ3n) is 2.79. The van der Waals surface area contributed by atoms with Gasteiger partial charge in [-0.3, -0.25) is 9.59 Å². The summed E-state index contributed by atoms with van der Waals surface area (Å²) in [5.41, 5.74) is 1.35. The van der Waals surface area contributed by atoms with E-state index in [4.69, 9.17) is 0 Å². The standard InChI is InChI=1S/C12H11BrFNO2/c1-7-4-10(14)9(13)6-11(7)15-3-2-8(16)5-12(15)17/h4,6H,2-3,5H2,1H3. The summed E-state index contributed by atoms with van der Waals surface area (Å²) in [7, 11) is 0. The molecule has 1 heterocycles. The minimum absolute atomic E-state index is 0.0370. The van der Waals surface area contributed by atoms with Crippen LogP contribution in [-0.2, 0) is 9.59 Å².